The summed E-state index contributed by atoms with van der Waals surface area (Å²) in [4.78, 5) is 4.04. The third kappa shape index (κ3) is 2.71. The molecule has 0 aliphatic carbocycles. The second kappa shape index (κ2) is 5.59. The molecule has 2 rings (SSSR count). The summed E-state index contributed by atoms with van der Waals surface area (Å²) in [6, 6.07) is 4.03. The van der Waals surface area contributed by atoms with Gasteiger partial charge in [0.15, 0.2) is 0 Å². The number of H-pyrrole nitrogens is 1. The van der Waals surface area contributed by atoms with Crippen molar-refractivity contribution in [3.8, 4) is 11.1 Å². The summed E-state index contributed by atoms with van der Waals surface area (Å²) in [5.74, 6) is 0. The highest BCUT2D eigenvalue weighted by Crippen LogP contribution is 2.24. The molecule has 0 aliphatic rings. The van der Waals surface area contributed by atoms with Crippen LogP contribution in [0.1, 0.15) is 24.7 Å². The number of aromatic nitrogens is 3. The summed E-state index contributed by atoms with van der Waals surface area (Å²) in [5.41, 5.74) is 4.53. The molecular weight excluding hydrogens is 212 g/mol. The van der Waals surface area contributed by atoms with Crippen LogP contribution in [-0.4, -0.2) is 21.7 Å². The minimum Gasteiger partial charge on any atom is -0.311 e. The number of rotatable bonds is 5. The molecule has 0 radical (unpaired) electrons. The fraction of sp³-hybridized carbons (Fsp3) is 0.385. The number of hydrogen-bond donors (Lipinski definition) is 2. The average molecular weight is 230 g/mol. The van der Waals surface area contributed by atoms with Gasteiger partial charge < -0.3 is 5.32 Å². The fourth-order valence-electron chi connectivity index (χ4n) is 1.89. The molecule has 0 amide bonds. The Hall–Kier alpha value is -1.68. The molecule has 0 atom stereocenters. The number of hydrogen-bond acceptors (Lipinski definition) is 3. The van der Waals surface area contributed by atoms with Crippen LogP contribution in [0.5, 0.6) is 0 Å². The van der Waals surface area contributed by atoms with E-state index in [1.165, 1.54) is 11.1 Å². The average Bonchev–Trinajstić information content (AvgIpc) is 2.72. The van der Waals surface area contributed by atoms with Crippen LogP contribution >= 0.6 is 0 Å². The zero-order valence-corrected chi connectivity index (χ0v) is 10.3. The normalized spacial score (nSPS) is 10.7. The van der Waals surface area contributed by atoms with Crippen molar-refractivity contribution in [2.45, 2.75) is 26.8 Å². The Morgan fingerprint density at radius 3 is 2.76 bits per heavy atom. The molecule has 0 aliphatic heterocycles. The Balaban J connectivity index is 2.24. The molecule has 0 saturated heterocycles. The number of pyridine rings is 1. The quantitative estimate of drug-likeness (QED) is 0.775. The molecule has 0 aromatic carbocycles. The maximum absolute atomic E-state index is 4.36. The third-order valence-corrected chi connectivity index (χ3v) is 2.71. The van der Waals surface area contributed by atoms with E-state index in [1.807, 2.05) is 31.5 Å². The minimum atomic E-state index is 0.801. The van der Waals surface area contributed by atoms with Crippen molar-refractivity contribution in [1.82, 2.24) is 20.5 Å². The Bertz CT molecular complexity index is 462. The lowest BCUT2D eigenvalue weighted by Crippen LogP contribution is -2.14. The van der Waals surface area contributed by atoms with E-state index in [4.69, 9.17) is 0 Å². The van der Waals surface area contributed by atoms with E-state index in [9.17, 15) is 0 Å². The Kier molecular flexibility index (Phi) is 3.88. The molecule has 0 bridgehead atoms. The van der Waals surface area contributed by atoms with E-state index in [-0.39, 0.29) is 0 Å². The number of aromatic amines is 1. The van der Waals surface area contributed by atoms with Crippen LogP contribution in [0.2, 0.25) is 0 Å². The monoisotopic (exact) mass is 230 g/mol. The lowest BCUT2D eigenvalue weighted by atomic mass is 10.0. The first-order valence-electron chi connectivity index (χ1n) is 5.98. The predicted molar refractivity (Wildman–Crippen MR) is 68.6 cm³/mol. The zero-order chi connectivity index (χ0) is 12.1. The maximum atomic E-state index is 4.36. The first-order valence-corrected chi connectivity index (χ1v) is 5.98. The molecule has 2 heterocycles. The molecule has 0 spiro atoms. The van der Waals surface area contributed by atoms with E-state index < -0.39 is 0 Å². The van der Waals surface area contributed by atoms with Gasteiger partial charge in [-0.3, -0.25) is 10.1 Å². The predicted octanol–water partition coefficient (Wildman–Crippen LogP) is 2.28. The highest BCUT2D eigenvalue weighted by atomic mass is 15.1. The van der Waals surface area contributed by atoms with Gasteiger partial charge in [-0.15, -0.1) is 0 Å². The Morgan fingerprint density at radius 1 is 1.29 bits per heavy atom. The standard InChI is InChI=1S/C13H18N4/c1-3-6-15-9-12-13(10(2)16-17-12)11-4-7-14-8-5-11/h4-5,7-8,15H,3,6,9H2,1-2H3,(H,16,17). The van der Waals surface area contributed by atoms with Crippen LogP contribution < -0.4 is 5.32 Å². The molecule has 2 N–H and O–H groups in total. The molecule has 2 aromatic heterocycles. The van der Waals surface area contributed by atoms with Gasteiger partial charge in [0.25, 0.3) is 0 Å². The summed E-state index contributed by atoms with van der Waals surface area (Å²) in [5, 5.41) is 10.8. The second-order valence-electron chi connectivity index (χ2n) is 4.08. The maximum Gasteiger partial charge on any atom is 0.0841 e. The zero-order valence-electron chi connectivity index (χ0n) is 10.3. The number of nitrogens with zero attached hydrogens (tertiary/aromatic N) is 2. The third-order valence-electron chi connectivity index (χ3n) is 2.71. The van der Waals surface area contributed by atoms with E-state index in [0.717, 1.165) is 30.9 Å². The summed E-state index contributed by atoms with van der Waals surface area (Å²) in [7, 11) is 0. The van der Waals surface area contributed by atoms with Gasteiger partial charge in [-0.1, -0.05) is 6.92 Å². The summed E-state index contributed by atoms with van der Waals surface area (Å²) < 4.78 is 0. The van der Waals surface area contributed by atoms with Gasteiger partial charge in [0, 0.05) is 30.2 Å². The largest absolute Gasteiger partial charge is 0.311 e. The van der Waals surface area contributed by atoms with Gasteiger partial charge in [-0.2, -0.15) is 5.10 Å². The molecule has 17 heavy (non-hydrogen) atoms. The lowest BCUT2D eigenvalue weighted by Gasteiger charge is -2.04. The van der Waals surface area contributed by atoms with Crippen LogP contribution in [-0.2, 0) is 6.54 Å². The highest BCUT2D eigenvalue weighted by Gasteiger charge is 2.11. The van der Waals surface area contributed by atoms with Crippen molar-refractivity contribution in [2.24, 2.45) is 0 Å². The first kappa shape index (κ1) is 11.8. The second-order valence-corrected chi connectivity index (χ2v) is 4.08. The number of aryl methyl sites for hydroxylation is 1. The van der Waals surface area contributed by atoms with Crippen molar-refractivity contribution < 1.29 is 0 Å². The molecule has 0 fully saturated rings. The first-order chi connectivity index (χ1) is 8.33. The van der Waals surface area contributed by atoms with Crippen molar-refractivity contribution in [1.29, 1.82) is 0 Å². The van der Waals surface area contributed by atoms with Crippen LogP contribution in [0.25, 0.3) is 11.1 Å². The smallest absolute Gasteiger partial charge is 0.0841 e. The van der Waals surface area contributed by atoms with Gasteiger partial charge in [0.05, 0.1) is 5.69 Å². The molecule has 0 unspecified atom stereocenters. The van der Waals surface area contributed by atoms with Crippen molar-refractivity contribution >= 4 is 0 Å². The Morgan fingerprint density at radius 2 is 2.06 bits per heavy atom. The van der Waals surface area contributed by atoms with Crippen LogP contribution in [0.3, 0.4) is 0 Å². The van der Waals surface area contributed by atoms with Crippen LogP contribution in [0.4, 0.5) is 0 Å². The minimum absolute atomic E-state index is 0.801. The van der Waals surface area contributed by atoms with Crippen LogP contribution in [0, 0.1) is 6.92 Å². The highest BCUT2D eigenvalue weighted by molar-refractivity contribution is 5.67. The molecular formula is C13H18N4. The van der Waals surface area contributed by atoms with Gasteiger partial charge in [-0.25, -0.2) is 0 Å². The Labute approximate surface area is 101 Å². The summed E-state index contributed by atoms with van der Waals surface area (Å²) >= 11 is 0. The molecule has 2 aromatic rings. The number of nitrogens with one attached hydrogen (secondary N) is 2. The van der Waals surface area contributed by atoms with Gasteiger partial charge >= 0.3 is 0 Å². The fourth-order valence-corrected chi connectivity index (χ4v) is 1.89. The van der Waals surface area contributed by atoms with Crippen molar-refractivity contribution in [3.63, 3.8) is 0 Å². The van der Waals surface area contributed by atoms with E-state index in [0.29, 0.717) is 0 Å². The summed E-state index contributed by atoms with van der Waals surface area (Å²) in [6.45, 7) is 6.02. The van der Waals surface area contributed by atoms with E-state index in [2.05, 4.69) is 27.4 Å². The van der Waals surface area contributed by atoms with Gasteiger partial charge in [0.2, 0.25) is 0 Å². The summed E-state index contributed by atoms with van der Waals surface area (Å²) in [6.07, 6.45) is 4.75. The molecule has 4 heteroatoms. The van der Waals surface area contributed by atoms with E-state index in [1.54, 1.807) is 0 Å². The van der Waals surface area contributed by atoms with Gasteiger partial charge in [0.1, 0.15) is 0 Å². The van der Waals surface area contributed by atoms with Gasteiger partial charge in [-0.05, 0) is 37.6 Å². The molecule has 4 nitrogen and oxygen atoms in total. The molecule has 90 valence electrons. The van der Waals surface area contributed by atoms with E-state index >= 15 is 0 Å². The van der Waals surface area contributed by atoms with Crippen molar-refractivity contribution in [2.75, 3.05) is 6.54 Å². The van der Waals surface area contributed by atoms with Crippen LogP contribution in [0.15, 0.2) is 24.5 Å². The SMILES string of the molecule is CCCNCc1n[nH]c(C)c1-c1ccncc1. The van der Waals surface area contributed by atoms with Crippen molar-refractivity contribution in [3.05, 3.63) is 35.9 Å². The topological polar surface area (TPSA) is 53.6 Å². The molecule has 0 saturated carbocycles. The lowest BCUT2D eigenvalue weighted by molar-refractivity contribution is 0.663.